The maximum absolute atomic E-state index is 14.6. The Morgan fingerprint density at radius 1 is 0.821 bits per heavy atom. The Hall–Kier alpha value is -4.35. The van der Waals surface area contributed by atoms with Crippen molar-refractivity contribution in [2.45, 2.75) is 18.0 Å². The smallest absolute Gasteiger partial charge is 0.187 e. The molecule has 7 rings (SSSR count). The molecule has 4 aromatic carbocycles. The van der Waals surface area contributed by atoms with Crippen molar-refractivity contribution in [2.75, 3.05) is 4.90 Å². The third-order valence-electron chi connectivity index (χ3n) is 8.33. The second-order valence-corrected chi connectivity index (χ2v) is 10.6. The first-order valence-corrected chi connectivity index (χ1v) is 13.1. The van der Waals surface area contributed by atoms with Gasteiger partial charge in [-0.1, -0.05) is 90.5 Å². The summed E-state index contributed by atoms with van der Waals surface area (Å²) in [4.78, 5) is 45.5. The van der Waals surface area contributed by atoms with E-state index < -0.39 is 29.2 Å². The molecule has 0 saturated carbocycles. The molecular formula is C33H21ClFNO3. The Morgan fingerprint density at radius 2 is 1.46 bits per heavy atom. The summed E-state index contributed by atoms with van der Waals surface area (Å²) in [6.45, 7) is 0. The summed E-state index contributed by atoms with van der Waals surface area (Å²) < 4.78 is 14.3. The quantitative estimate of drug-likeness (QED) is 0.215. The molecule has 1 aliphatic carbocycles. The van der Waals surface area contributed by atoms with E-state index in [2.05, 4.69) is 0 Å². The Kier molecular flexibility index (Phi) is 5.23. The van der Waals surface area contributed by atoms with E-state index in [4.69, 9.17) is 11.6 Å². The fourth-order valence-electron chi connectivity index (χ4n) is 6.80. The summed E-state index contributed by atoms with van der Waals surface area (Å²) >= 11 is 6.53. The van der Waals surface area contributed by atoms with Crippen LogP contribution in [0.25, 0.3) is 6.08 Å². The van der Waals surface area contributed by atoms with Crippen LogP contribution in [0.2, 0.25) is 5.02 Å². The third kappa shape index (κ3) is 3.14. The topological polar surface area (TPSA) is 54.5 Å². The average Bonchev–Trinajstić information content (AvgIpc) is 3.39. The highest BCUT2D eigenvalue weighted by molar-refractivity contribution is 6.35. The average molecular weight is 534 g/mol. The van der Waals surface area contributed by atoms with Gasteiger partial charge in [-0.05, 0) is 35.9 Å². The van der Waals surface area contributed by atoms with Crippen LogP contribution in [0.1, 0.15) is 48.1 Å². The monoisotopic (exact) mass is 533 g/mol. The van der Waals surface area contributed by atoms with Crippen LogP contribution in [0, 0.1) is 11.2 Å². The lowest BCUT2D eigenvalue weighted by atomic mass is 9.64. The highest BCUT2D eigenvalue weighted by Gasteiger charge is 2.71. The SMILES string of the molecule is O=C(c1ccccc1Cl)[C@@H]1[C@H](c2ccccc2)C2(C(=O)c3ccccc3C2=O)[C@@H]2C=Cc3cc(F)ccc3N12. The van der Waals surface area contributed by atoms with Crippen molar-refractivity contribution in [3.8, 4) is 0 Å². The van der Waals surface area contributed by atoms with E-state index in [-0.39, 0.29) is 22.4 Å². The third-order valence-corrected chi connectivity index (χ3v) is 8.66. The summed E-state index contributed by atoms with van der Waals surface area (Å²) in [5.41, 5.74) is 1.26. The van der Waals surface area contributed by atoms with Crippen LogP contribution in [0.5, 0.6) is 0 Å². The fraction of sp³-hybridized carbons (Fsp3) is 0.121. The van der Waals surface area contributed by atoms with Gasteiger partial charge in [-0.2, -0.15) is 0 Å². The Bertz CT molecular complexity index is 1700. The van der Waals surface area contributed by atoms with Crippen molar-refractivity contribution in [2.24, 2.45) is 5.41 Å². The molecule has 39 heavy (non-hydrogen) atoms. The number of halogens is 2. The first kappa shape index (κ1) is 23.7. The number of nitrogens with zero attached hydrogens (tertiary/aromatic N) is 1. The van der Waals surface area contributed by atoms with Crippen LogP contribution in [-0.4, -0.2) is 29.4 Å². The van der Waals surface area contributed by atoms with Crippen LogP contribution in [0.15, 0.2) is 103 Å². The summed E-state index contributed by atoms with van der Waals surface area (Å²) in [7, 11) is 0. The molecule has 1 fully saturated rings. The maximum atomic E-state index is 14.6. The molecule has 0 N–H and O–H groups in total. The van der Waals surface area contributed by atoms with Gasteiger partial charge in [-0.25, -0.2) is 4.39 Å². The second kappa shape index (κ2) is 8.58. The van der Waals surface area contributed by atoms with Gasteiger partial charge < -0.3 is 4.90 Å². The van der Waals surface area contributed by atoms with Crippen molar-refractivity contribution < 1.29 is 18.8 Å². The van der Waals surface area contributed by atoms with Crippen molar-refractivity contribution in [1.82, 2.24) is 0 Å². The molecule has 4 aromatic rings. The van der Waals surface area contributed by atoms with E-state index in [1.807, 2.05) is 35.2 Å². The summed E-state index contributed by atoms with van der Waals surface area (Å²) in [5.74, 6) is -2.17. The first-order chi connectivity index (χ1) is 18.9. The zero-order valence-electron chi connectivity index (χ0n) is 20.6. The number of carbonyl (C=O) groups is 3. The molecule has 1 spiro atoms. The standard InChI is InChI=1S/C33H21ClFNO3/c34-25-13-7-6-12-24(25)30(37)29-28(19-8-2-1-3-9-19)33(31(38)22-10-4-5-11-23(22)32(33)39)27-17-14-20-18-21(35)15-16-26(20)36(27)29/h1-18,27-29H/t27-,28-,29-/m0/s1. The van der Waals surface area contributed by atoms with Crippen molar-refractivity contribution in [1.29, 1.82) is 0 Å². The Morgan fingerprint density at radius 3 is 2.15 bits per heavy atom. The molecule has 3 atom stereocenters. The van der Waals surface area contributed by atoms with Gasteiger partial charge in [0.05, 0.1) is 11.1 Å². The van der Waals surface area contributed by atoms with E-state index in [0.717, 1.165) is 0 Å². The van der Waals surface area contributed by atoms with Crippen LogP contribution < -0.4 is 4.90 Å². The number of Topliss-reactive ketones (excluding diaryl/α,β-unsaturated/α-hetero) is 3. The molecule has 0 bridgehead atoms. The van der Waals surface area contributed by atoms with Crippen LogP contribution in [-0.2, 0) is 0 Å². The number of fused-ring (bicyclic) bond motifs is 5. The zero-order valence-corrected chi connectivity index (χ0v) is 21.3. The number of rotatable bonds is 3. The lowest BCUT2D eigenvalue weighted by Gasteiger charge is -2.37. The molecular weight excluding hydrogens is 513 g/mol. The molecule has 0 amide bonds. The molecule has 1 saturated heterocycles. The number of benzene rings is 4. The predicted molar refractivity (Wildman–Crippen MR) is 148 cm³/mol. The minimum Gasteiger partial charge on any atom is -0.352 e. The lowest BCUT2D eigenvalue weighted by Crippen LogP contribution is -2.48. The van der Waals surface area contributed by atoms with Gasteiger partial charge in [-0.3, -0.25) is 14.4 Å². The normalized spacial score (nSPS) is 22.1. The molecule has 6 heteroatoms. The summed E-state index contributed by atoms with van der Waals surface area (Å²) in [6.07, 6.45) is 3.52. The van der Waals surface area contributed by atoms with Crippen LogP contribution in [0.3, 0.4) is 0 Å². The van der Waals surface area contributed by atoms with Gasteiger partial charge in [0.15, 0.2) is 17.3 Å². The van der Waals surface area contributed by atoms with E-state index in [1.165, 1.54) is 12.1 Å². The lowest BCUT2D eigenvalue weighted by molar-refractivity contribution is 0.0666. The molecule has 0 radical (unpaired) electrons. The van der Waals surface area contributed by atoms with Gasteiger partial charge in [-0.15, -0.1) is 0 Å². The maximum Gasteiger partial charge on any atom is 0.187 e. The molecule has 4 nitrogen and oxygen atoms in total. The Balaban J connectivity index is 1.56. The van der Waals surface area contributed by atoms with E-state index >= 15 is 0 Å². The van der Waals surface area contributed by atoms with E-state index in [9.17, 15) is 18.8 Å². The first-order valence-electron chi connectivity index (χ1n) is 12.7. The molecule has 0 aromatic heterocycles. The molecule has 190 valence electrons. The zero-order chi connectivity index (χ0) is 26.9. The largest absolute Gasteiger partial charge is 0.352 e. The fourth-order valence-corrected chi connectivity index (χ4v) is 7.03. The number of hydrogen-bond acceptors (Lipinski definition) is 4. The van der Waals surface area contributed by atoms with Gasteiger partial charge in [0.1, 0.15) is 17.3 Å². The minimum atomic E-state index is -1.60. The van der Waals surface area contributed by atoms with Crippen molar-refractivity contribution >= 4 is 40.7 Å². The number of hydrogen-bond donors (Lipinski definition) is 0. The number of carbonyl (C=O) groups excluding carboxylic acids is 3. The van der Waals surface area contributed by atoms with E-state index in [0.29, 0.717) is 33.5 Å². The highest BCUT2D eigenvalue weighted by Crippen LogP contribution is 2.61. The van der Waals surface area contributed by atoms with Gasteiger partial charge in [0, 0.05) is 33.9 Å². The van der Waals surface area contributed by atoms with Crippen molar-refractivity contribution in [3.63, 3.8) is 0 Å². The molecule has 3 aliphatic rings. The van der Waals surface area contributed by atoms with Crippen LogP contribution >= 0.6 is 11.6 Å². The Labute approximate surface area is 229 Å². The van der Waals surface area contributed by atoms with E-state index in [1.54, 1.807) is 66.7 Å². The summed E-state index contributed by atoms with van der Waals surface area (Å²) in [5, 5.41) is 0.283. The number of ketones is 3. The molecule has 2 aliphatic heterocycles. The predicted octanol–water partition coefficient (Wildman–Crippen LogP) is 6.80. The number of anilines is 1. The highest BCUT2D eigenvalue weighted by atomic mass is 35.5. The van der Waals surface area contributed by atoms with Gasteiger partial charge in [0.25, 0.3) is 0 Å². The second-order valence-electron chi connectivity index (χ2n) is 10.2. The molecule has 0 unspecified atom stereocenters. The van der Waals surface area contributed by atoms with Gasteiger partial charge >= 0.3 is 0 Å². The minimum absolute atomic E-state index is 0.283. The summed E-state index contributed by atoms with van der Waals surface area (Å²) in [6, 6.07) is 25.5. The van der Waals surface area contributed by atoms with Crippen molar-refractivity contribution in [3.05, 3.63) is 142 Å². The van der Waals surface area contributed by atoms with Crippen LogP contribution in [0.4, 0.5) is 10.1 Å². The molecule has 2 heterocycles. The van der Waals surface area contributed by atoms with Gasteiger partial charge in [0.2, 0.25) is 0 Å².